The van der Waals surface area contributed by atoms with E-state index in [1.54, 1.807) is 6.07 Å². The second-order valence-electron chi connectivity index (χ2n) is 6.19. The molecule has 6 heteroatoms. The minimum atomic E-state index is -0.166. The molecule has 1 rings (SSSR count). The molecule has 142 valence electrons. The van der Waals surface area contributed by atoms with Crippen LogP contribution < -0.4 is 10.6 Å². The lowest BCUT2D eigenvalue weighted by Crippen LogP contribution is -2.37. The van der Waals surface area contributed by atoms with E-state index in [-0.39, 0.29) is 5.82 Å². The molecule has 0 unspecified atom stereocenters. The van der Waals surface area contributed by atoms with Gasteiger partial charge in [-0.05, 0) is 58.5 Å². The summed E-state index contributed by atoms with van der Waals surface area (Å²) in [6, 6.07) is 5.21. The number of hydrogen-bond donors (Lipinski definition) is 2. The highest BCUT2D eigenvalue weighted by Gasteiger charge is 2.05. The number of rotatable bonds is 11. The fourth-order valence-corrected chi connectivity index (χ4v) is 2.38. The van der Waals surface area contributed by atoms with E-state index in [2.05, 4.69) is 15.6 Å². The SMILES string of the molecule is CCNC(=NCc1ccc(F)c(CN(C)C)c1)NCCCCOCC. The number of hydrogen-bond acceptors (Lipinski definition) is 3. The summed E-state index contributed by atoms with van der Waals surface area (Å²) in [7, 11) is 3.87. The van der Waals surface area contributed by atoms with Gasteiger partial charge in [-0.3, -0.25) is 0 Å². The van der Waals surface area contributed by atoms with Crippen molar-refractivity contribution in [3.05, 3.63) is 35.1 Å². The van der Waals surface area contributed by atoms with Gasteiger partial charge in [0.2, 0.25) is 0 Å². The lowest BCUT2D eigenvalue weighted by molar-refractivity contribution is 0.143. The van der Waals surface area contributed by atoms with Crippen LogP contribution in [0.4, 0.5) is 4.39 Å². The average Bonchev–Trinajstić information content (AvgIpc) is 2.57. The molecule has 2 N–H and O–H groups in total. The first-order valence-corrected chi connectivity index (χ1v) is 9.08. The van der Waals surface area contributed by atoms with Crippen molar-refractivity contribution >= 4 is 5.96 Å². The topological polar surface area (TPSA) is 48.9 Å². The third-order valence-electron chi connectivity index (χ3n) is 3.57. The van der Waals surface area contributed by atoms with Crippen LogP contribution in [-0.4, -0.2) is 51.3 Å². The summed E-state index contributed by atoms with van der Waals surface area (Å²) in [4.78, 5) is 6.55. The van der Waals surface area contributed by atoms with E-state index in [0.717, 1.165) is 50.7 Å². The van der Waals surface area contributed by atoms with Gasteiger partial charge in [-0.2, -0.15) is 0 Å². The van der Waals surface area contributed by atoms with Crippen molar-refractivity contribution in [2.75, 3.05) is 40.4 Å². The van der Waals surface area contributed by atoms with Crippen LogP contribution in [0.25, 0.3) is 0 Å². The fourth-order valence-electron chi connectivity index (χ4n) is 2.38. The predicted octanol–water partition coefficient (Wildman–Crippen LogP) is 2.76. The summed E-state index contributed by atoms with van der Waals surface area (Å²) < 4.78 is 19.2. The van der Waals surface area contributed by atoms with Crippen LogP contribution in [0.5, 0.6) is 0 Å². The maximum Gasteiger partial charge on any atom is 0.191 e. The molecule has 0 fully saturated rings. The number of ether oxygens (including phenoxy) is 1. The van der Waals surface area contributed by atoms with Gasteiger partial charge in [-0.1, -0.05) is 6.07 Å². The Labute approximate surface area is 151 Å². The number of unbranched alkanes of at least 4 members (excludes halogenated alkanes) is 1. The van der Waals surface area contributed by atoms with E-state index < -0.39 is 0 Å². The predicted molar refractivity (Wildman–Crippen MR) is 102 cm³/mol. The second kappa shape index (κ2) is 12.7. The molecular weight excluding hydrogens is 319 g/mol. The van der Waals surface area contributed by atoms with Crippen LogP contribution in [0.15, 0.2) is 23.2 Å². The third kappa shape index (κ3) is 9.41. The zero-order valence-corrected chi connectivity index (χ0v) is 16.1. The van der Waals surface area contributed by atoms with Gasteiger partial charge in [-0.15, -0.1) is 0 Å². The largest absolute Gasteiger partial charge is 0.382 e. The fraction of sp³-hybridized carbons (Fsp3) is 0.632. The van der Waals surface area contributed by atoms with Crippen molar-refractivity contribution in [2.24, 2.45) is 4.99 Å². The van der Waals surface area contributed by atoms with Crippen molar-refractivity contribution in [3.63, 3.8) is 0 Å². The Hall–Kier alpha value is -1.66. The number of guanidine groups is 1. The van der Waals surface area contributed by atoms with Crippen molar-refractivity contribution < 1.29 is 9.13 Å². The lowest BCUT2D eigenvalue weighted by atomic mass is 10.1. The van der Waals surface area contributed by atoms with Gasteiger partial charge < -0.3 is 20.3 Å². The summed E-state index contributed by atoms with van der Waals surface area (Å²) in [5.41, 5.74) is 1.71. The number of benzene rings is 1. The highest BCUT2D eigenvalue weighted by Crippen LogP contribution is 2.13. The van der Waals surface area contributed by atoms with E-state index in [4.69, 9.17) is 4.74 Å². The van der Waals surface area contributed by atoms with Gasteiger partial charge in [-0.25, -0.2) is 9.38 Å². The van der Waals surface area contributed by atoms with Crippen LogP contribution in [0.2, 0.25) is 0 Å². The first-order valence-electron chi connectivity index (χ1n) is 9.08. The van der Waals surface area contributed by atoms with E-state index in [1.807, 2.05) is 38.9 Å². The Bertz CT molecular complexity index is 520. The highest BCUT2D eigenvalue weighted by atomic mass is 19.1. The summed E-state index contributed by atoms with van der Waals surface area (Å²) in [6.07, 6.45) is 2.07. The number of halogens is 1. The molecular formula is C19H33FN4O. The third-order valence-corrected chi connectivity index (χ3v) is 3.57. The highest BCUT2D eigenvalue weighted by molar-refractivity contribution is 5.79. The zero-order valence-electron chi connectivity index (χ0n) is 16.1. The molecule has 0 saturated heterocycles. The van der Waals surface area contributed by atoms with Crippen LogP contribution in [0, 0.1) is 5.82 Å². The van der Waals surface area contributed by atoms with Crippen LogP contribution in [-0.2, 0) is 17.8 Å². The average molecular weight is 352 g/mol. The minimum absolute atomic E-state index is 0.166. The Morgan fingerprint density at radius 1 is 1.20 bits per heavy atom. The lowest BCUT2D eigenvalue weighted by Gasteiger charge is -2.13. The van der Waals surface area contributed by atoms with E-state index in [0.29, 0.717) is 18.7 Å². The molecule has 5 nitrogen and oxygen atoms in total. The molecule has 1 aromatic carbocycles. The zero-order chi connectivity index (χ0) is 18.5. The standard InChI is InChI=1S/C19H33FN4O/c1-5-21-19(22-11-7-8-12-25-6-2)23-14-16-9-10-18(20)17(13-16)15-24(3)4/h9-10,13H,5-8,11-12,14-15H2,1-4H3,(H2,21,22,23). The monoisotopic (exact) mass is 352 g/mol. The van der Waals surface area contributed by atoms with E-state index in [9.17, 15) is 4.39 Å². The van der Waals surface area contributed by atoms with Crippen LogP contribution >= 0.6 is 0 Å². The Balaban J connectivity index is 2.55. The molecule has 0 aliphatic carbocycles. The smallest absolute Gasteiger partial charge is 0.191 e. The Morgan fingerprint density at radius 2 is 2.00 bits per heavy atom. The maximum atomic E-state index is 13.8. The quantitative estimate of drug-likeness (QED) is 0.365. The van der Waals surface area contributed by atoms with Gasteiger partial charge in [0.1, 0.15) is 5.82 Å². The first kappa shape index (κ1) is 21.4. The van der Waals surface area contributed by atoms with Crippen LogP contribution in [0.3, 0.4) is 0 Å². The Morgan fingerprint density at radius 3 is 2.68 bits per heavy atom. The molecule has 0 radical (unpaired) electrons. The van der Waals surface area contributed by atoms with Crippen molar-refractivity contribution in [1.82, 2.24) is 15.5 Å². The van der Waals surface area contributed by atoms with Gasteiger partial charge in [0.15, 0.2) is 5.96 Å². The molecule has 0 heterocycles. The molecule has 0 aromatic heterocycles. The van der Waals surface area contributed by atoms with E-state index in [1.165, 1.54) is 6.07 Å². The minimum Gasteiger partial charge on any atom is -0.382 e. The van der Waals surface area contributed by atoms with Crippen molar-refractivity contribution in [3.8, 4) is 0 Å². The second-order valence-corrected chi connectivity index (χ2v) is 6.19. The molecule has 0 saturated carbocycles. The first-order chi connectivity index (χ1) is 12.1. The molecule has 0 amide bonds. The van der Waals surface area contributed by atoms with Crippen LogP contribution in [0.1, 0.15) is 37.8 Å². The summed E-state index contributed by atoms with van der Waals surface area (Å²) >= 11 is 0. The molecule has 1 aromatic rings. The Kier molecular flexibility index (Phi) is 10.8. The summed E-state index contributed by atoms with van der Waals surface area (Å²) in [5, 5.41) is 6.57. The summed E-state index contributed by atoms with van der Waals surface area (Å²) in [6.45, 7) is 8.39. The van der Waals surface area contributed by atoms with Gasteiger partial charge in [0.05, 0.1) is 6.54 Å². The molecule has 0 aliphatic rings. The van der Waals surface area contributed by atoms with Crippen molar-refractivity contribution in [1.29, 1.82) is 0 Å². The number of aliphatic imine (C=N–C) groups is 1. The van der Waals surface area contributed by atoms with Gasteiger partial charge in [0, 0.05) is 38.4 Å². The molecule has 0 spiro atoms. The molecule has 25 heavy (non-hydrogen) atoms. The molecule has 0 atom stereocenters. The molecule has 0 aliphatic heterocycles. The normalized spacial score (nSPS) is 11.8. The molecule has 0 bridgehead atoms. The number of nitrogens with one attached hydrogen (secondary N) is 2. The maximum absolute atomic E-state index is 13.8. The number of nitrogens with zero attached hydrogens (tertiary/aromatic N) is 2. The van der Waals surface area contributed by atoms with Crippen molar-refractivity contribution in [2.45, 2.75) is 39.8 Å². The van der Waals surface area contributed by atoms with Gasteiger partial charge in [0.25, 0.3) is 0 Å². The summed E-state index contributed by atoms with van der Waals surface area (Å²) in [5.74, 6) is 0.623. The van der Waals surface area contributed by atoms with E-state index >= 15 is 0 Å². The van der Waals surface area contributed by atoms with Gasteiger partial charge >= 0.3 is 0 Å².